The van der Waals surface area contributed by atoms with Crippen LogP contribution in [0.3, 0.4) is 0 Å². The summed E-state index contributed by atoms with van der Waals surface area (Å²) in [5, 5.41) is 0. The predicted octanol–water partition coefficient (Wildman–Crippen LogP) is 1.90. The number of carbonyl (C=O) groups is 1. The number of hydrogen-bond acceptors (Lipinski definition) is 3. The van der Waals surface area contributed by atoms with Crippen LogP contribution in [0.15, 0.2) is 42.7 Å². The van der Waals surface area contributed by atoms with Gasteiger partial charge in [-0.15, -0.1) is 0 Å². The first-order valence-corrected chi connectivity index (χ1v) is 7.91. The molecule has 0 radical (unpaired) electrons. The van der Waals surface area contributed by atoms with Crippen LogP contribution < -0.4 is 0 Å². The minimum absolute atomic E-state index is 0.136. The van der Waals surface area contributed by atoms with E-state index in [-0.39, 0.29) is 5.91 Å². The number of amides is 1. The zero-order valence-corrected chi connectivity index (χ0v) is 12.5. The van der Waals surface area contributed by atoms with Gasteiger partial charge in [-0.3, -0.25) is 14.7 Å². The molecule has 5 heteroatoms. The fraction of sp³-hybridized carbons (Fsp3) is 0.412. The molecule has 0 aromatic carbocycles. The summed E-state index contributed by atoms with van der Waals surface area (Å²) in [6.07, 6.45) is 5.77. The van der Waals surface area contributed by atoms with Gasteiger partial charge in [0.15, 0.2) is 0 Å². The summed E-state index contributed by atoms with van der Waals surface area (Å²) in [5.41, 5.74) is 1.81. The molecule has 2 fully saturated rings. The van der Waals surface area contributed by atoms with E-state index in [0.717, 1.165) is 38.2 Å². The highest BCUT2D eigenvalue weighted by Gasteiger charge is 2.44. The molecule has 2 aliphatic heterocycles. The number of hydrogen-bond donors (Lipinski definition) is 1. The molecule has 0 unspecified atom stereocenters. The van der Waals surface area contributed by atoms with Gasteiger partial charge in [0, 0.05) is 44.1 Å². The Hall–Kier alpha value is -2.14. The summed E-state index contributed by atoms with van der Waals surface area (Å²) in [6, 6.07) is 10.6. The molecule has 2 saturated heterocycles. The van der Waals surface area contributed by atoms with E-state index in [1.165, 1.54) is 0 Å². The molecule has 1 amide bonds. The fourth-order valence-electron chi connectivity index (χ4n) is 3.84. The number of rotatable bonds is 3. The van der Waals surface area contributed by atoms with Crippen molar-refractivity contribution >= 4 is 5.91 Å². The van der Waals surface area contributed by atoms with Gasteiger partial charge in [0.2, 0.25) is 0 Å². The topological polar surface area (TPSA) is 52.2 Å². The lowest BCUT2D eigenvalue weighted by molar-refractivity contribution is 0.0726. The van der Waals surface area contributed by atoms with Crippen molar-refractivity contribution in [2.75, 3.05) is 13.1 Å². The summed E-state index contributed by atoms with van der Waals surface area (Å²) in [5.74, 6) is 0.136. The van der Waals surface area contributed by atoms with Gasteiger partial charge in [-0.2, -0.15) is 0 Å². The third kappa shape index (κ3) is 2.31. The van der Waals surface area contributed by atoms with E-state index in [9.17, 15) is 4.79 Å². The predicted molar refractivity (Wildman–Crippen MR) is 83.3 cm³/mol. The summed E-state index contributed by atoms with van der Waals surface area (Å²) in [4.78, 5) is 24.6. The number of H-pyrrole nitrogens is 1. The third-order valence-electron chi connectivity index (χ3n) is 4.87. The highest BCUT2D eigenvalue weighted by atomic mass is 16.2. The minimum Gasteiger partial charge on any atom is -0.357 e. The van der Waals surface area contributed by atoms with Crippen molar-refractivity contribution in [1.29, 1.82) is 0 Å². The molecule has 5 nitrogen and oxygen atoms in total. The number of aromatic nitrogens is 2. The second-order valence-corrected chi connectivity index (χ2v) is 6.09. The fourth-order valence-corrected chi connectivity index (χ4v) is 3.84. The average Bonchev–Trinajstić information content (AvgIpc) is 3.26. The van der Waals surface area contributed by atoms with Crippen LogP contribution in [-0.2, 0) is 6.54 Å². The maximum Gasteiger partial charge on any atom is 0.270 e. The molecule has 114 valence electrons. The largest absolute Gasteiger partial charge is 0.357 e. The Bertz CT molecular complexity index is 640. The standard InChI is InChI=1S/C17H20N4O/c22-17(14-5-3-9-19-14)21-11-7-15-16(21)6-10-20(15)12-13-4-1-2-8-18-13/h1-5,8-9,15-16,19H,6-7,10-12H2/t15-,16+/m0/s1. The van der Waals surface area contributed by atoms with Crippen LogP contribution in [0, 0.1) is 0 Å². The van der Waals surface area contributed by atoms with Gasteiger partial charge in [0.1, 0.15) is 5.69 Å². The van der Waals surface area contributed by atoms with Crippen LogP contribution in [0.1, 0.15) is 29.0 Å². The Labute approximate surface area is 130 Å². The lowest BCUT2D eigenvalue weighted by Gasteiger charge is -2.25. The average molecular weight is 296 g/mol. The first-order valence-electron chi connectivity index (χ1n) is 7.91. The maximum atomic E-state index is 12.6. The molecule has 1 N–H and O–H groups in total. The molecule has 2 aliphatic rings. The summed E-state index contributed by atoms with van der Waals surface area (Å²) < 4.78 is 0. The van der Waals surface area contributed by atoms with Gasteiger partial charge in [0.25, 0.3) is 5.91 Å². The van der Waals surface area contributed by atoms with E-state index in [1.54, 1.807) is 0 Å². The number of nitrogens with one attached hydrogen (secondary N) is 1. The molecule has 2 atom stereocenters. The van der Waals surface area contributed by atoms with Crippen LogP contribution >= 0.6 is 0 Å². The molecule has 0 aliphatic carbocycles. The lowest BCUT2D eigenvalue weighted by Crippen LogP contribution is -2.39. The van der Waals surface area contributed by atoms with E-state index in [1.807, 2.05) is 36.7 Å². The second-order valence-electron chi connectivity index (χ2n) is 6.09. The molecule has 4 heterocycles. The van der Waals surface area contributed by atoms with Crippen molar-refractivity contribution in [3.05, 3.63) is 54.1 Å². The Morgan fingerprint density at radius 3 is 2.86 bits per heavy atom. The molecule has 4 rings (SSSR count). The number of likely N-dealkylation sites (tertiary alicyclic amines) is 2. The molecule has 0 saturated carbocycles. The molecule has 22 heavy (non-hydrogen) atoms. The van der Waals surface area contributed by atoms with E-state index in [2.05, 4.69) is 25.8 Å². The first-order chi connectivity index (χ1) is 10.8. The smallest absolute Gasteiger partial charge is 0.270 e. The highest BCUT2D eigenvalue weighted by Crippen LogP contribution is 2.33. The van der Waals surface area contributed by atoms with Crippen molar-refractivity contribution < 1.29 is 4.79 Å². The van der Waals surface area contributed by atoms with Gasteiger partial charge in [-0.25, -0.2) is 0 Å². The number of nitrogens with zero attached hydrogens (tertiary/aromatic N) is 3. The lowest BCUT2D eigenvalue weighted by atomic mass is 10.1. The van der Waals surface area contributed by atoms with Gasteiger partial charge in [-0.1, -0.05) is 6.07 Å². The number of fused-ring (bicyclic) bond motifs is 1. The maximum absolute atomic E-state index is 12.6. The zero-order chi connectivity index (χ0) is 14.9. The summed E-state index contributed by atoms with van der Waals surface area (Å²) in [6.45, 7) is 2.78. The van der Waals surface area contributed by atoms with Crippen LogP contribution in [-0.4, -0.2) is 50.8 Å². The van der Waals surface area contributed by atoms with E-state index in [0.29, 0.717) is 17.8 Å². The van der Waals surface area contributed by atoms with Crippen LogP contribution in [0.2, 0.25) is 0 Å². The SMILES string of the molecule is O=C(c1ccc[nH]1)N1CC[C@H]2[C@H]1CCN2Cc1ccccn1. The number of carbonyl (C=O) groups excluding carboxylic acids is 1. The summed E-state index contributed by atoms with van der Waals surface area (Å²) >= 11 is 0. The molecular formula is C17H20N4O. The molecule has 0 bridgehead atoms. The Balaban J connectivity index is 1.46. The number of pyridine rings is 1. The monoisotopic (exact) mass is 296 g/mol. The third-order valence-corrected chi connectivity index (χ3v) is 4.87. The molecule has 0 spiro atoms. The van der Waals surface area contributed by atoms with E-state index >= 15 is 0 Å². The Morgan fingerprint density at radius 1 is 1.18 bits per heavy atom. The second kappa shape index (κ2) is 5.57. The van der Waals surface area contributed by atoms with Crippen molar-refractivity contribution in [2.24, 2.45) is 0 Å². The van der Waals surface area contributed by atoms with Crippen molar-refractivity contribution in [1.82, 2.24) is 19.8 Å². The van der Waals surface area contributed by atoms with Gasteiger partial charge in [-0.05, 0) is 37.1 Å². The molecule has 2 aromatic heterocycles. The van der Waals surface area contributed by atoms with Crippen LogP contribution in [0.25, 0.3) is 0 Å². The van der Waals surface area contributed by atoms with Gasteiger partial charge >= 0.3 is 0 Å². The van der Waals surface area contributed by atoms with Crippen molar-refractivity contribution in [2.45, 2.75) is 31.5 Å². The van der Waals surface area contributed by atoms with Crippen molar-refractivity contribution in [3.63, 3.8) is 0 Å². The van der Waals surface area contributed by atoms with E-state index in [4.69, 9.17) is 0 Å². The Morgan fingerprint density at radius 2 is 2.09 bits per heavy atom. The normalized spacial score (nSPS) is 24.6. The number of aromatic amines is 1. The zero-order valence-electron chi connectivity index (χ0n) is 12.5. The highest BCUT2D eigenvalue weighted by molar-refractivity contribution is 5.93. The van der Waals surface area contributed by atoms with E-state index < -0.39 is 0 Å². The van der Waals surface area contributed by atoms with Gasteiger partial charge < -0.3 is 9.88 Å². The molecule has 2 aromatic rings. The molecular weight excluding hydrogens is 276 g/mol. The van der Waals surface area contributed by atoms with Crippen molar-refractivity contribution in [3.8, 4) is 0 Å². The minimum atomic E-state index is 0.136. The van der Waals surface area contributed by atoms with Crippen LogP contribution in [0.5, 0.6) is 0 Å². The Kier molecular flexibility index (Phi) is 3.42. The van der Waals surface area contributed by atoms with Gasteiger partial charge in [0.05, 0.1) is 5.69 Å². The summed E-state index contributed by atoms with van der Waals surface area (Å²) in [7, 11) is 0. The van der Waals surface area contributed by atoms with Crippen LogP contribution in [0.4, 0.5) is 0 Å². The first kappa shape index (κ1) is 13.5. The quantitative estimate of drug-likeness (QED) is 0.941.